The number of hydrogen-bond acceptors (Lipinski definition) is 3. The predicted molar refractivity (Wildman–Crippen MR) is 70.5 cm³/mol. The summed E-state index contributed by atoms with van der Waals surface area (Å²) in [6.07, 6.45) is 1.63. The second kappa shape index (κ2) is 5.35. The third kappa shape index (κ3) is 2.65. The lowest BCUT2D eigenvalue weighted by Gasteiger charge is -2.21. The number of hydrogen-bond donors (Lipinski definition) is 1. The van der Waals surface area contributed by atoms with Crippen molar-refractivity contribution in [2.75, 3.05) is 13.2 Å². The van der Waals surface area contributed by atoms with Crippen molar-refractivity contribution in [1.29, 1.82) is 0 Å². The number of aliphatic hydroxyl groups excluding tert-OH is 1. The van der Waals surface area contributed by atoms with Gasteiger partial charge in [-0.05, 0) is 25.0 Å². The summed E-state index contributed by atoms with van der Waals surface area (Å²) < 4.78 is 26.2. The van der Waals surface area contributed by atoms with Gasteiger partial charge in [0.15, 0.2) is 0 Å². The molecular formula is C11H13Cl2NO3S. The van der Waals surface area contributed by atoms with E-state index >= 15 is 0 Å². The highest BCUT2D eigenvalue weighted by atomic mass is 35.5. The fourth-order valence-corrected chi connectivity index (χ4v) is 4.18. The highest BCUT2D eigenvalue weighted by molar-refractivity contribution is 7.89. The molecular weight excluding hydrogens is 297 g/mol. The zero-order chi connectivity index (χ0) is 13.3. The number of rotatable bonds is 5. The molecule has 0 bridgehead atoms. The lowest BCUT2D eigenvalue weighted by Crippen LogP contribution is -2.35. The second-order valence-corrected chi connectivity index (χ2v) is 6.77. The molecule has 0 radical (unpaired) electrons. The molecule has 1 aliphatic carbocycles. The number of nitrogens with zero attached hydrogens (tertiary/aromatic N) is 1. The first-order valence-electron chi connectivity index (χ1n) is 5.55. The van der Waals surface area contributed by atoms with Gasteiger partial charge in [0.1, 0.15) is 4.90 Å². The van der Waals surface area contributed by atoms with Crippen molar-refractivity contribution in [3.63, 3.8) is 0 Å². The van der Waals surface area contributed by atoms with Gasteiger partial charge in [-0.1, -0.05) is 29.3 Å². The molecule has 4 nitrogen and oxygen atoms in total. The minimum Gasteiger partial charge on any atom is -0.395 e. The molecule has 0 saturated heterocycles. The first-order chi connectivity index (χ1) is 8.48. The summed E-state index contributed by atoms with van der Waals surface area (Å²) in [6, 6.07) is 4.48. The van der Waals surface area contributed by atoms with Crippen LogP contribution < -0.4 is 0 Å². The van der Waals surface area contributed by atoms with Gasteiger partial charge in [-0.3, -0.25) is 0 Å². The lowest BCUT2D eigenvalue weighted by atomic mass is 10.4. The largest absolute Gasteiger partial charge is 0.395 e. The average molecular weight is 310 g/mol. The molecule has 1 aromatic rings. The molecule has 0 spiro atoms. The van der Waals surface area contributed by atoms with Crippen LogP contribution in [0.4, 0.5) is 0 Å². The molecule has 1 N–H and O–H groups in total. The van der Waals surface area contributed by atoms with Gasteiger partial charge in [0.05, 0.1) is 16.7 Å². The first kappa shape index (κ1) is 14.1. The van der Waals surface area contributed by atoms with E-state index in [1.165, 1.54) is 16.4 Å². The Bertz CT molecular complexity index is 543. The maximum absolute atomic E-state index is 12.4. The molecule has 1 aromatic carbocycles. The Kier molecular flexibility index (Phi) is 4.18. The maximum atomic E-state index is 12.4. The van der Waals surface area contributed by atoms with Crippen molar-refractivity contribution in [2.45, 2.75) is 23.8 Å². The van der Waals surface area contributed by atoms with Crippen molar-refractivity contribution < 1.29 is 13.5 Å². The van der Waals surface area contributed by atoms with Crippen LogP contribution in [0.2, 0.25) is 10.0 Å². The molecule has 7 heteroatoms. The van der Waals surface area contributed by atoms with Gasteiger partial charge in [-0.2, -0.15) is 4.31 Å². The van der Waals surface area contributed by atoms with Crippen molar-refractivity contribution >= 4 is 33.2 Å². The van der Waals surface area contributed by atoms with E-state index in [4.69, 9.17) is 28.3 Å². The molecule has 0 unspecified atom stereocenters. The van der Waals surface area contributed by atoms with Gasteiger partial charge in [-0.15, -0.1) is 0 Å². The van der Waals surface area contributed by atoms with Gasteiger partial charge < -0.3 is 5.11 Å². The van der Waals surface area contributed by atoms with Crippen LogP contribution in [0.15, 0.2) is 23.1 Å². The van der Waals surface area contributed by atoms with E-state index in [0.29, 0.717) is 0 Å². The van der Waals surface area contributed by atoms with Crippen molar-refractivity contribution in [2.24, 2.45) is 0 Å². The molecule has 1 fully saturated rings. The summed E-state index contributed by atoms with van der Waals surface area (Å²) in [7, 11) is -3.70. The van der Waals surface area contributed by atoms with Crippen LogP contribution in [0.5, 0.6) is 0 Å². The summed E-state index contributed by atoms with van der Waals surface area (Å²) in [5.41, 5.74) is 0. The molecule has 0 amide bonds. The van der Waals surface area contributed by atoms with E-state index in [1.807, 2.05) is 0 Å². The summed E-state index contributed by atoms with van der Waals surface area (Å²) in [5.74, 6) is 0. The quantitative estimate of drug-likeness (QED) is 0.906. The summed E-state index contributed by atoms with van der Waals surface area (Å²) in [5, 5.41) is 9.22. The zero-order valence-electron chi connectivity index (χ0n) is 9.51. The SMILES string of the molecule is O=S(=O)(c1cccc(Cl)c1Cl)N(CCO)C1CC1. The summed E-state index contributed by atoms with van der Waals surface area (Å²) in [4.78, 5) is -0.00276. The van der Waals surface area contributed by atoms with E-state index in [-0.39, 0.29) is 34.1 Å². The second-order valence-electron chi connectivity index (χ2n) is 4.12. The van der Waals surface area contributed by atoms with E-state index < -0.39 is 10.0 Å². The van der Waals surface area contributed by atoms with Gasteiger partial charge in [0.2, 0.25) is 10.0 Å². The van der Waals surface area contributed by atoms with E-state index in [1.54, 1.807) is 6.07 Å². The Labute approximate surface area is 116 Å². The Morgan fingerprint density at radius 2 is 2.00 bits per heavy atom. The summed E-state index contributed by atoms with van der Waals surface area (Å²) >= 11 is 11.8. The Balaban J connectivity index is 2.43. The molecule has 100 valence electrons. The van der Waals surface area contributed by atoms with Crippen LogP contribution in [-0.4, -0.2) is 37.0 Å². The van der Waals surface area contributed by atoms with Crippen LogP contribution in [0.1, 0.15) is 12.8 Å². The van der Waals surface area contributed by atoms with E-state index in [2.05, 4.69) is 0 Å². The minimum absolute atomic E-state index is 0.00276. The van der Waals surface area contributed by atoms with E-state index in [0.717, 1.165) is 12.8 Å². The van der Waals surface area contributed by atoms with Gasteiger partial charge >= 0.3 is 0 Å². The fourth-order valence-electron chi connectivity index (χ4n) is 1.77. The summed E-state index contributed by atoms with van der Waals surface area (Å²) in [6.45, 7) is -0.135. The number of benzene rings is 1. The van der Waals surface area contributed by atoms with Crippen LogP contribution in [0.25, 0.3) is 0 Å². The maximum Gasteiger partial charge on any atom is 0.244 e. The molecule has 2 rings (SSSR count). The number of halogens is 2. The Morgan fingerprint density at radius 1 is 1.33 bits per heavy atom. The fraction of sp³-hybridized carbons (Fsp3) is 0.455. The molecule has 0 aromatic heterocycles. The molecule has 1 saturated carbocycles. The van der Waals surface area contributed by atoms with Gasteiger partial charge in [0.25, 0.3) is 0 Å². The standard InChI is InChI=1S/C11H13Cl2NO3S/c12-9-2-1-3-10(11(9)13)18(16,17)14(6-7-15)8-4-5-8/h1-3,8,15H,4-7H2. The smallest absolute Gasteiger partial charge is 0.244 e. The highest BCUT2D eigenvalue weighted by Crippen LogP contribution is 2.36. The highest BCUT2D eigenvalue weighted by Gasteiger charge is 2.38. The molecule has 0 aliphatic heterocycles. The predicted octanol–water partition coefficient (Wildman–Crippen LogP) is 2.14. The molecule has 0 heterocycles. The number of aliphatic hydroxyl groups is 1. The minimum atomic E-state index is -3.70. The zero-order valence-corrected chi connectivity index (χ0v) is 11.8. The van der Waals surface area contributed by atoms with Crippen LogP contribution in [0, 0.1) is 0 Å². The van der Waals surface area contributed by atoms with Crippen LogP contribution >= 0.6 is 23.2 Å². The third-order valence-corrected chi connectivity index (χ3v) is 5.70. The normalized spacial score (nSPS) is 16.2. The molecule has 0 atom stereocenters. The van der Waals surface area contributed by atoms with Crippen molar-refractivity contribution in [1.82, 2.24) is 4.31 Å². The first-order valence-corrected chi connectivity index (χ1v) is 7.75. The van der Waals surface area contributed by atoms with Crippen LogP contribution in [0.3, 0.4) is 0 Å². The molecule has 18 heavy (non-hydrogen) atoms. The average Bonchev–Trinajstić information content (AvgIpc) is 3.13. The topological polar surface area (TPSA) is 57.6 Å². The number of sulfonamides is 1. The molecule has 1 aliphatic rings. The van der Waals surface area contributed by atoms with Crippen molar-refractivity contribution in [3.05, 3.63) is 28.2 Å². The monoisotopic (exact) mass is 309 g/mol. The Morgan fingerprint density at radius 3 is 2.56 bits per heavy atom. The Hall–Kier alpha value is -0.330. The van der Waals surface area contributed by atoms with E-state index in [9.17, 15) is 8.42 Å². The van der Waals surface area contributed by atoms with Crippen molar-refractivity contribution in [3.8, 4) is 0 Å². The third-order valence-electron chi connectivity index (χ3n) is 2.78. The van der Waals surface area contributed by atoms with Crippen LogP contribution in [-0.2, 0) is 10.0 Å². The van der Waals surface area contributed by atoms with Gasteiger partial charge in [0, 0.05) is 12.6 Å². The lowest BCUT2D eigenvalue weighted by molar-refractivity contribution is 0.250. The van der Waals surface area contributed by atoms with Gasteiger partial charge in [-0.25, -0.2) is 8.42 Å².